The summed E-state index contributed by atoms with van der Waals surface area (Å²) >= 11 is 0. The lowest BCUT2D eigenvalue weighted by atomic mass is 10.0. The molecule has 9 heteroatoms. The van der Waals surface area contributed by atoms with Gasteiger partial charge in [-0.25, -0.2) is 8.42 Å². The van der Waals surface area contributed by atoms with E-state index in [1.54, 1.807) is 56.5 Å². The first kappa shape index (κ1) is 21.6. The van der Waals surface area contributed by atoms with Crippen LogP contribution in [0.25, 0.3) is 22.1 Å². The molecule has 1 atom stereocenters. The number of benzene rings is 2. The minimum atomic E-state index is -3.25. The van der Waals surface area contributed by atoms with E-state index in [1.165, 1.54) is 6.08 Å². The molecule has 0 unspecified atom stereocenters. The van der Waals surface area contributed by atoms with Crippen LogP contribution in [0.3, 0.4) is 0 Å². The molecular formula is C23H21NO7S. The van der Waals surface area contributed by atoms with Gasteiger partial charge in [-0.2, -0.15) is 0 Å². The standard InChI is InChI=1S/C23H21NO7S/c1-14-22(15-3-5-17(29-2)6-4-15)23(26)19-8-7-18(11-20(19)31-14)30-12-21(25)24-16-9-10-32(27,28)13-16/h3-11,16H,12-13H2,1-2H3,(H,24,25)/t16-/m0/s1. The molecule has 0 radical (unpaired) electrons. The average molecular weight is 455 g/mol. The van der Waals surface area contributed by atoms with Crippen molar-refractivity contribution in [1.82, 2.24) is 5.32 Å². The van der Waals surface area contributed by atoms with Gasteiger partial charge < -0.3 is 19.2 Å². The Labute approximate surface area is 184 Å². The number of carbonyl (C=O) groups excluding carboxylic acids is 1. The molecule has 8 nitrogen and oxygen atoms in total. The topological polar surface area (TPSA) is 112 Å². The van der Waals surface area contributed by atoms with Crippen LogP contribution in [0.15, 0.2) is 63.2 Å². The van der Waals surface area contributed by atoms with Gasteiger partial charge in [-0.05, 0) is 42.8 Å². The van der Waals surface area contributed by atoms with Crippen molar-refractivity contribution in [2.45, 2.75) is 13.0 Å². The number of carbonyl (C=O) groups is 1. The highest BCUT2D eigenvalue weighted by Crippen LogP contribution is 2.27. The maximum Gasteiger partial charge on any atom is 0.258 e. The first-order valence-electron chi connectivity index (χ1n) is 9.81. The number of aryl methyl sites for hydroxylation is 1. The monoisotopic (exact) mass is 455 g/mol. The number of nitrogens with one attached hydrogen (secondary N) is 1. The van der Waals surface area contributed by atoms with Crippen LogP contribution in [-0.2, 0) is 14.6 Å². The minimum absolute atomic E-state index is 0.157. The number of hydrogen-bond acceptors (Lipinski definition) is 7. The molecule has 166 valence electrons. The Morgan fingerprint density at radius 3 is 2.53 bits per heavy atom. The second kappa shape index (κ2) is 8.51. The van der Waals surface area contributed by atoms with E-state index in [0.29, 0.717) is 33.8 Å². The van der Waals surface area contributed by atoms with Crippen LogP contribution in [0.2, 0.25) is 0 Å². The third-order valence-corrected chi connectivity index (χ3v) is 6.46. The third-order valence-electron chi connectivity index (χ3n) is 5.06. The minimum Gasteiger partial charge on any atom is -0.497 e. The Balaban J connectivity index is 1.51. The summed E-state index contributed by atoms with van der Waals surface area (Å²) in [6.45, 7) is 1.41. The molecule has 1 amide bonds. The first-order chi connectivity index (χ1) is 15.3. The molecule has 4 rings (SSSR count). The molecule has 3 aromatic rings. The molecule has 0 bridgehead atoms. The van der Waals surface area contributed by atoms with E-state index in [0.717, 1.165) is 11.0 Å². The number of amides is 1. The van der Waals surface area contributed by atoms with E-state index in [9.17, 15) is 18.0 Å². The fourth-order valence-corrected chi connectivity index (χ4v) is 4.77. The highest BCUT2D eigenvalue weighted by atomic mass is 32.2. The fraction of sp³-hybridized carbons (Fsp3) is 0.217. The molecule has 0 saturated heterocycles. The summed E-state index contributed by atoms with van der Waals surface area (Å²) < 4.78 is 39.4. The zero-order valence-corrected chi connectivity index (χ0v) is 18.3. The smallest absolute Gasteiger partial charge is 0.258 e. The fourth-order valence-electron chi connectivity index (χ4n) is 3.53. The SMILES string of the molecule is COc1ccc(-c2c(C)oc3cc(OCC(=O)N[C@H]4C=CS(=O)(=O)C4)ccc3c2=O)cc1. The lowest BCUT2D eigenvalue weighted by molar-refractivity contribution is -0.123. The molecule has 0 spiro atoms. The summed E-state index contributed by atoms with van der Waals surface area (Å²) in [7, 11) is -1.68. The Bertz CT molecular complexity index is 1370. The zero-order chi connectivity index (χ0) is 22.9. The van der Waals surface area contributed by atoms with Crippen molar-refractivity contribution in [2.75, 3.05) is 19.5 Å². The summed E-state index contributed by atoms with van der Waals surface area (Å²) in [6, 6.07) is 11.3. The second-order valence-corrected chi connectivity index (χ2v) is 9.30. The molecule has 1 aromatic heterocycles. The molecule has 0 aliphatic carbocycles. The van der Waals surface area contributed by atoms with E-state index in [4.69, 9.17) is 13.9 Å². The van der Waals surface area contributed by atoms with Gasteiger partial charge in [-0.1, -0.05) is 12.1 Å². The van der Waals surface area contributed by atoms with Crippen molar-refractivity contribution in [3.8, 4) is 22.6 Å². The summed E-state index contributed by atoms with van der Waals surface area (Å²) in [6.07, 6.45) is 1.43. The van der Waals surface area contributed by atoms with Gasteiger partial charge in [0.2, 0.25) is 5.43 Å². The Hall–Kier alpha value is -3.59. The van der Waals surface area contributed by atoms with E-state index < -0.39 is 21.8 Å². The molecule has 32 heavy (non-hydrogen) atoms. The molecule has 1 aliphatic rings. The molecule has 2 aromatic carbocycles. The van der Waals surface area contributed by atoms with E-state index in [-0.39, 0.29) is 17.8 Å². The van der Waals surface area contributed by atoms with Gasteiger partial charge in [-0.3, -0.25) is 9.59 Å². The largest absolute Gasteiger partial charge is 0.497 e. The van der Waals surface area contributed by atoms with Crippen molar-refractivity contribution in [3.63, 3.8) is 0 Å². The van der Waals surface area contributed by atoms with Crippen LogP contribution in [-0.4, -0.2) is 39.8 Å². The van der Waals surface area contributed by atoms with Crippen LogP contribution in [0, 0.1) is 6.92 Å². The van der Waals surface area contributed by atoms with E-state index >= 15 is 0 Å². The van der Waals surface area contributed by atoms with Crippen molar-refractivity contribution in [3.05, 3.63) is 69.9 Å². The summed E-state index contributed by atoms with van der Waals surface area (Å²) in [5.41, 5.74) is 1.35. The van der Waals surface area contributed by atoms with Gasteiger partial charge >= 0.3 is 0 Å². The predicted octanol–water partition coefficient (Wildman–Crippen LogP) is 2.58. The maximum absolute atomic E-state index is 13.1. The van der Waals surface area contributed by atoms with Crippen molar-refractivity contribution in [2.24, 2.45) is 0 Å². The van der Waals surface area contributed by atoms with Gasteiger partial charge in [0.15, 0.2) is 16.4 Å². The number of methoxy groups -OCH3 is 1. The van der Waals surface area contributed by atoms with Crippen molar-refractivity contribution >= 4 is 26.7 Å². The average Bonchev–Trinajstić information content (AvgIpc) is 3.10. The maximum atomic E-state index is 13.1. The van der Waals surface area contributed by atoms with Gasteiger partial charge in [0.1, 0.15) is 22.8 Å². The van der Waals surface area contributed by atoms with Crippen molar-refractivity contribution < 1.29 is 27.1 Å². The predicted molar refractivity (Wildman–Crippen MR) is 120 cm³/mol. The number of hydrogen-bond donors (Lipinski definition) is 1. The van der Waals surface area contributed by atoms with Crippen LogP contribution < -0.4 is 20.2 Å². The molecule has 0 fully saturated rings. The lowest BCUT2D eigenvalue weighted by Gasteiger charge is -2.12. The van der Waals surface area contributed by atoms with E-state index in [2.05, 4.69) is 5.32 Å². The molecule has 1 N–H and O–H groups in total. The highest BCUT2D eigenvalue weighted by Gasteiger charge is 2.23. The van der Waals surface area contributed by atoms with Gasteiger partial charge in [0, 0.05) is 11.5 Å². The number of sulfone groups is 1. The van der Waals surface area contributed by atoms with Crippen LogP contribution in [0.5, 0.6) is 11.5 Å². The molecule has 1 aliphatic heterocycles. The Kier molecular flexibility index (Phi) is 5.75. The number of fused-ring (bicyclic) bond motifs is 1. The van der Waals surface area contributed by atoms with Gasteiger partial charge in [0.25, 0.3) is 5.91 Å². The number of ether oxygens (including phenoxy) is 2. The summed E-state index contributed by atoms with van der Waals surface area (Å²) in [4.78, 5) is 25.1. The lowest BCUT2D eigenvalue weighted by Crippen LogP contribution is -2.38. The Morgan fingerprint density at radius 1 is 1.16 bits per heavy atom. The number of rotatable bonds is 6. The quantitative estimate of drug-likeness (QED) is 0.608. The van der Waals surface area contributed by atoms with Gasteiger partial charge in [0.05, 0.1) is 29.9 Å². The molecular weight excluding hydrogens is 434 g/mol. The van der Waals surface area contributed by atoms with Crippen LogP contribution in [0.1, 0.15) is 5.76 Å². The van der Waals surface area contributed by atoms with Gasteiger partial charge in [-0.15, -0.1) is 0 Å². The summed E-state index contributed by atoms with van der Waals surface area (Å²) in [5.74, 6) is 0.881. The normalized spacial score (nSPS) is 16.8. The third kappa shape index (κ3) is 4.52. The van der Waals surface area contributed by atoms with Crippen LogP contribution >= 0.6 is 0 Å². The molecule has 0 saturated carbocycles. The molecule has 2 heterocycles. The zero-order valence-electron chi connectivity index (χ0n) is 17.5. The highest BCUT2D eigenvalue weighted by molar-refractivity contribution is 7.94. The summed E-state index contributed by atoms with van der Waals surface area (Å²) in [5, 5.41) is 4.06. The Morgan fingerprint density at radius 2 is 1.88 bits per heavy atom. The van der Waals surface area contributed by atoms with Crippen molar-refractivity contribution in [1.29, 1.82) is 0 Å². The van der Waals surface area contributed by atoms with Crippen LogP contribution in [0.4, 0.5) is 0 Å². The first-order valence-corrected chi connectivity index (χ1v) is 11.5. The second-order valence-electron chi connectivity index (χ2n) is 7.37. The van der Waals surface area contributed by atoms with E-state index in [1.807, 2.05) is 0 Å².